The molecule has 2 aromatic rings. The molecule has 0 fully saturated rings. The van der Waals surface area contributed by atoms with Gasteiger partial charge >= 0.3 is 0 Å². The smallest absolute Gasteiger partial charge is 0.297 e. The van der Waals surface area contributed by atoms with Crippen LogP contribution in [-0.4, -0.2) is 20.1 Å². The number of benzene rings is 1. The van der Waals surface area contributed by atoms with Crippen LogP contribution in [0.15, 0.2) is 52.0 Å². The Morgan fingerprint density at radius 3 is 2.43 bits per heavy atom. The number of hydrogen-bond acceptors (Lipinski definition) is 4. The third-order valence-corrected chi connectivity index (χ3v) is 4.80. The van der Waals surface area contributed by atoms with Crippen molar-refractivity contribution in [2.75, 3.05) is 10.8 Å². The van der Waals surface area contributed by atoms with E-state index in [0.29, 0.717) is 12.2 Å². The van der Waals surface area contributed by atoms with Gasteiger partial charge in [-0.3, -0.25) is 4.31 Å². The Kier molecular flexibility index (Phi) is 5.03. The van der Waals surface area contributed by atoms with E-state index in [1.165, 1.54) is 16.4 Å². The summed E-state index contributed by atoms with van der Waals surface area (Å²) in [5, 5.41) is 8.86. The van der Waals surface area contributed by atoms with Gasteiger partial charge < -0.3 is 9.52 Å². The molecule has 0 aliphatic heterocycles. The highest BCUT2D eigenvalue weighted by molar-refractivity contribution is 7.92. The molecular formula is C15H19NO4S. The van der Waals surface area contributed by atoms with Gasteiger partial charge in [0.05, 0.1) is 5.69 Å². The SMILES string of the molecule is CCCCN(c1ccccc1)S(=O)(=O)c1ccc(CO)o1. The van der Waals surface area contributed by atoms with Crippen LogP contribution in [0.2, 0.25) is 0 Å². The maximum atomic E-state index is 12.7. The molecule has 0 unspecified atom stereocenters. The van der Waals surface area contributed by atoms with Crippen molar-refractivity contribution in [3.8, 4) is 0 Å². The summed E-state index contributed by atoms with van der Waals surface area (Å²) in [6.07, 6.45) is 1.64. The van der Waals surface area contributed by atoms with E-state index < -0.39 is 10.0 Å². The van der Waals surface area contributed by atoms with E-state index in [1.54, 1.807) is 24.3 Å². The Morgan fingerprint density at radius 1 is 1.14 bits per heavy atom. The Hall–Kier alpha value is -1.79. The van der Waals surface area contributed by atoms with Gasteiger partial charge in [0, 0.05) is 6.54 Å². The van der Waals surface area contributed by atoms with Crippen LogP contribution in [-0.2, 0) is 16.6 Å². The van der Waals surface area contributed by atoms with Crippen molar-refractivity contribution in [2.45, 2.75) is 31.5 Å². The number of sulfonamides is 1. The second kappa shape index (κ2) is 6.78. The van der Waals surface area contributed by atoms with E-state index in [4.69, 9.17) is 9.52 Å². The molecule has 0 saturated heterocycles. The zero-order chi connectivity index (χ0) is 15.3. The summed E-state index contributed by atoms with van der Waals surface area (Å²) >= 11 is 0. The predicted octanol–water partition coefficient (Wildman–Crippen LogP) is 2.77. The topological polar surface area (TPSA) is 70.8 Å². The molecule has 0 saturated carbocycles. The van der Waals surface area contributed by atoms with Crippen molar-refractivity contribution < 1.29 is 17.9 Å². The number of anilines is 1. The monoisotopic (exact) mass is 309 g/mol. The minimum absolute atomic E-state index is 0.147. The molecular weight excluding hydrogens is 290 g/mol. The highest BCUT2D eigenvalue weighted by atomic mass is 32.2. The summed E-state index contributed by atoms with van der Waals surface area (Å²) < 4.78 is 32.0. The summed E-state index contributed by atoms with van der Waals surface area (Å²) in [6.45, 7) is 2.07. The first-order chi connectivity index (χ1) is 10.1. The molecule has 2 rings (SSSR count). The Labute approximate surface area is 124 Å². The molecule has 0 spiro atoms. The van der Waals surface area contributed by atoms with E-state index in [-0.39, 0.29) is 17.5 Å². The Balaban J connectivity index is 2.39. The number of rotatable bonds is 7. The highest BCUT2D eigenvalue weighted by Crippen LogP contribution is 2.25. The lowest BCUT2D eigenvalue weighted by atomic mass is 10.3. The zero-order valence-corrected chi connectivity index (χ0v) is 12.7. The lowest BCUT2D eigenvalue weighted by Gasteiger charge is -2.23. The molecule has 1 aromatic carbocycles. The van der Waals surface area contributed by atoms with E-state index in [1.807, 2.05) is 13.0 Å². The summed E-state index contributed by atoms with van der Waals surface area (Å²) in [4.78, 5) is 0. The summed E-state index contributed by atoms with van der Waals surface area (Å²) in [5.41, 5.74) is 0.605. The molecule has 0 amide bonds. The van der Waals surface area contributed by atoms with Crippen molar-refractivity contribution >= 4 is 15.7 Å². The molecule has 0 radical (unpaired) electrons. The van der Waals surface area contributed by atoms with Crippen molar-refractivity contribution in [1.29, 1.82) is 0 Å². The van der Waals surface area contributed by atoms with Gasteiger partial charge in [-0.1, -0.05) is 31.5 Å². The molecule has 1 N–H and O–H groups in total. The number of unbranched alkanes of at least 4 members (excludes halogenated alkanes) is 1. The Morgan fingerprint density at radius 2 is 1.86 bits per heavy atom. The third-order valence-electron chi connectivity index (χ3n) is 3.10. The van der Waals surface area contributed by atoms with Crippen molar-refractivity contribution in [1.82, 2.24) is 0 Å². The zero-order valence-electron chi connectivity index (χ0n) is 11.9. The van der Waals surface area contributed by atoms with Gasteiger partial charge in [-0.2, -0.15) is 8.42 Å². The molecule has 21 heavy (non-hydrogen) atoms. The molecule has 5 nitrogen and oxygen atoms in total. The van der Waals surface area contributed by atoms with Crippen molar-refractivity contribution in [3.63, 3.8) is 0 Å². The quantitative estimate of drug-likeness (QED) is 0.853. The average molecular weight is 309 g/mol. The van der Waals surface area contributed by atoms with Crippen LogP contribution in [0, 0.1) is 0 Å². The van der Waals surface area contributed by atoms with E-state index in [2.05, 4.69) is 0 Å². The van der Waals surface area contributed by atoms with Gasteiger partial charge in [-0.15, -0.1) is 0 Å². The molecule has 0 bridgehead atoms. The number of furan rings is 1. The van der Waals surface area contributed by atoms with Crippen LogP contribution in [0.5, 0.6) is 0 Å². The summed E-state index contributed by atoms with van der Waals surface area (Å²) in [6, 6.07) is 11.8. The first kappa shape index (κ1) is 15.6. The molecule has 0 atom stereocenters. The average Bonchev–Trinajstić information content (AvgIpc) is 2.98. The molecule has 114 valence electrons. The minimum atomic E-state index is -3.76. The number of para-hydroxylation sites is 1. The van der Waals surface area contributed by atoms with E-state index in [0.717, 1.165) is 12.8 Å². The van der Waals surface area contributed by atoms with Crippen molar-refractivity contribution in [2.24, 2.45) is 0 Å². The lowest BCUT2D eigenvalue weighted by Crippen LogP contribution is -2.31. The molecule has 0 aliphatic rings. The van der Waals surface area contributed by atoms with Crippen LogP contribution in [0.1, 0.15) is 25.5 Å². The molecule has 0 aliphatic carbocycles. The number of hydrogen-bond donors (Lipinski definition) is 1. The maximum absolute atomic E-state index is 12.7. The van der Waals surface area contributed by atoms with Gasteiger partial charge in [-0.25, -0.2) is 0 Å². The van der Waals surface area contributed by atoms with Crippen LogP contribution in [0.4, 0.5) is 5.69 Å². The number of aliphatic hydroxyl groups is 1. The van der Waals surface area contributed by atoms with Gasteiger partial charge in [0.1, 0.15) is 12.4 Å². The van der Waals surface area contributed by atoms with E-state index >= 15 is 0 Å². The van der Waals surface area contributed by atoms with Crippen LogP contribution in [0.3, 0.4) is 0 Å². The second-order valence-electron chi connectivity index (χ2n) is 4.65. The van der Waals surface area contributed by atoms with Gasteiger partial charge in [0.15, 0.2) is 0 Å². The number of nitrogens with zero attached hydrogens (tertiary/aromatic N) is 1. The lowest BCUT2D eigenvalue weighted by molar-refractivity contribution is 0.236. The fourth-order valence-electron chi connectivity index (χ4n) is 1.97. The second-order valence-corrected chi connectivity index (χ2v) is 6.44. The van der Waals surface area contributed by atoms with Crippen molar-refractivity contribution in [3.05, 3.63) is 48.2 Å². The molecule has 1 heterocycles. The van der Waals surface area contributed by atoms with E-state index in [9.17, 15) is 8.42 Å². The third kappa shape index (κ3) is 3.46. The number of aliphatic hydroxyl groups excluding tert-OH is 1. The maximum Gasteiger partial charge on any atom is 0.297 e. The van der Waals surface area contributed by atoms with Gasteiger partial charge in [0.25, 0.3) is 10.0 Å². The van der Waals surface area contributed by atoms with Gasteiger partial charge in [-0.05, 0) is 30.7 Å². The minimum Gasteiger partial charge on any atom is -0.445 e. The van der Waals surface area contributed by atoms with Crippen LogP contribution in [0.25, 0.3) is 0 Å². The summed E-state index contributed by atoms with van der Waals surface area (Å²) in [7, 11) is -3.76. The van der Waals surface area contributed by atoms with Crippen LogP contribution < -0.4 is 4.31 Å². The summed E-state index contributed by atoms with van der Waals surface area (Å²) in [5.74, 6) is 0.233. The normalized spacial score (nSPS) is 11.5. The standard InChI is InChI=1S/C15H19NO4S/c1-2-3-11-16(13-7-5-4-6-8-13)21(18,19)15-10-9-14(12-17)20-15/h4-10,17H,2-3,11-12H2,1H3. The van der Waals surface area contributed by atoms with Gasteiger partial charge in [0.2, 0.25) is 5.09 Å². The first-order valence-electron chi connectivity index (χ1n) is 6.87. The first-order valence-corrected chi connectivity index (χ1v) is 8.31. The van der Waals surface area contributed by atoms with Crippen LogP contribution >= 0.6 is 0 Å². The molecule has 6 heteroatoms. The Bertz CT molecular complexity index is 664. The predicted molar refractivity (Wildman–Crippen MR) is 80.5 cm³/mol. The molecule has 1 aromatic heterocycles. The fourth-order valence-corrected chi connectivity index (χ4v) is 3.41. The largest absolute Gasteiger partial charge is 0.445 e. The fraction of sp³-hybridized carbons (Fsp3) is 0.333. The highest BCUT2D eigenvalue weighted by Gasteiger charge is 2.27.